The van der Waals surface area contributed by atoms with Crippen LogP contribution in [0.1, 0.15) is 39.6 Å². The third-order valence-corrected chi connectivity index (χ3v) is 5.94. The van der Waals surface area contributed by atoms with Gasteiger partial charge in [0.15, 0.2) is 15.6 Å². The third kappa shape index (κ3) is 3.23. The van der Waals surface area contributed by atoms with Crippen LogP contribution in [0, 0.1) is 0 Å². The Bertz CT molecular complexity index is 932. The fourth-order valence-electron chi connectivity index (χ4n) is 2.80. The van der Waals surface area contributed by atoms with Gasteiger partial charge in [-0.15, -0.1) is 0 Å². The van der Waals surface area contributed by atoms with Crippen LogP contribution in [0.2, 0.25) is 0 Å². The first-order valence-electron chi connectivity index (χ1n) is 7.65. The van der Waals surface area contributed by atoms with Crippen molar-refractivity contribution in [2.45, 2.75) is 24.7 Å². The van der Waals surface area contributed by atoms with Crippen LogP contribution in [0.25, 0.3) is 0 Å². The van der Waals surface area contributed by atoms with Gasteiger partial charge in [-0.1, -0.05) is 12.1 Å². The summed E-state index contributed by atoms with van der Waals surface area (Å²) >= 11 is 0. The summed E-state index contributed by atoms with van der Waals surface area (Å²) in [4.78, 5) is 24.1. The van der Waals surface area contributed by atoms with E-state index in [-0.39, 0.29) is 17.4 Å². The first-order chi connectivity index (χ1) is 11.4. The van der Waals surface area contributed by atoms with Gasteiger partial charge in [0.1, 0.15) is 0 Å². The van der Waals surface area contributed by atoms with Crippen LogP contribution in [0.15, 0.2) is 47.4 Å². The predicted octanol–water partition coefficient (Wildman–Crippen LogP) is 2.86. The van der Waals surface area contributed by atoms with E-state index in [1.165, 1.54) is 19.1 Å². The number of sulfone groups is 1. The van der Waals surface area contributed by atoms with Crippen LogP contribution in [-0.2, 0) is 16.3 Å². The number of carbonyl (C=O) groups excluding carboxylic acids is 2. The highest BCUT2D eigenvalue weighted by atomic mass is 32.2. The molecular formula is C18H17NO4S. The van der Waals surface area contributed by atoms with Gasteiger partial charge in [0, 0.05) is 16.8 Å². The van der Waals surface area contributed by atoms with E-state index >= 15 is 0 Å². The zero-order chi connectivity index (χ0) is 17.3. The van der Waals surface area contributed by atoms with Crippen molar-refractivity contribution in [1.29, 1.82) is 0 Å². The number of Topliss-reactive ketones (excluding diaryl/α,β-unsaturated/α-hetero) is 1. The number of anilines is 1. The number of hydrogen-bond acceptors (Lipinski definition) is 4. The molecule has 1 aliphatic heterocycles. The number of ketones is 1. The minimum atomic E-state index is -3.23. The van der Waals surface area contributed by atoms with Crippen molar-refractivity contribution in [3.05, 3.63) is 59.2 Å². The normalized spacial score (nSPS) is 15.4. The van der Waals surface area contributed by atoms with Gasteiger partial charge in [-0.05, 0) is 55.7 Å². The lowest BCUT2D eigenvalue weighted by molar-refractivity contribution is 0.101. The molecule has 1 N–H and O–H groups in total. The van der Waals surface area contributed by atoms with Crippen molar-refractivity contribution in [1.82, 2.24) is 0 Å². The van der Waals surface area contributed by atoms with E-state index in [1.54, 1.807) is 30.3 Å². The maximum absolute atomic E-state index is 12.4. The Kier molecular flexibility index (Phi) is 4.24. The monoisotopic (exact) mass is 343 g/mol. The second kappa shape index (κ2) is 6.20. The maximum atomic E-state index is 12.4. The summed E-state index contributed by atoms with van der Waals surface area (Å²) in [6, 6.07) is 11.4. The molecule has 6 heteroatoms. The predicted molar refractivity (Wildman–Crippen MR) is 91.2 cm³/mol. The molecule has 0 unspecified atom stereocenters. The molecule has 24 heavy (non-hydrogen) atoms. The van der Waals surface area contributed by atoms with Crippen LogP contribution < -0.4 is 5.32 Å². The van der Waals surface area contributed by atoms with Crippen molar-refractivity contribution in [3.63, 3.8) is 0 Å². The molecule has 0 saturated heterocycles. The highest BCUT2D eigenvalue weighted by Crippen LogP contribution is 2.26. The number of aryl methyl sites for hydroxylation is 1. The molecule has 1 amide bonds. The lowest BCUT2D eigenvalue weighted by atomic mass is 10.1. The summed E-state index contributed by atoms with van der Waals surface area (Å²) < 4.78 is 24.0. The standard InChI is InChI=1S/C18H17NO4S/c1-12(20)13-4-2-6-16(11-13)19-18(21)15-7-8-17-14(10-15)5-3-9-24(17,22)23/h2,4,6-8,10-11H,3,5,9H2,1H3,(H,19,21). The van der Waals surface area contributed by atoms with Crippen molar-refractivity contribution >= 4 is 27.2 Å². The summed E-state index contributed by atoms with van der Waals surface area (Å²) in [7, 11) is -3.23. The number of fused-ring (bicyclic) bond motifs is 1. The van der Waals surface area contributed by atoms with E-state index in [9.17, 15) is 18.0 Å². The maximum Gasteiger partial charge on any atom is 0.255 e. The third-order valence-electron chi connectivity index (χ3n) is 4.04. The van der Waals surface area contributed by atoms with Gasteiger partial charge in [0.25, 0.3) is 5.91 Å². The Morgan fingerprint density at radius 1 is 1.04 bits per heavy atom. The van der Waals surface area contributed by atoms with Gasteiger partial charge in [-0.25, -0.2) is 8.42 Å². The Morgan fingerprint density at radius 2 is 1.83 bits per heavy atom. The highest BCUT2D eigenvalue weighted by Gasteiger charge is 2.24. The largest absolute Gasteiger partial charge is 0.322 e. The summed E-state index contributed by atoms with van der Waals surface area (Å²) in [5.74, 6) is -0.254. The topological polar surface area (TPSA) is 80.3 Å². The van der Waals surface area contributed by atoms with Crippen LogP contribution in [0.4, 0.5) is 5.69 Å². The van der Waals surface area contributed by atoms with Crippen molar-refractivity contribution in [2.24, 2.45) is 0 Å². The Labute approximate surface area is 140 Å². The molecule has 0 spiro atoms. The Balaban J connectivity index is 1.86. The van der Waals surface area contributed by atoms with Gasteiger partial charge < -0.3 is 5.32 Å². The number of carbonyl (C=O) groups is 2. The Morgan fingerprint density at radius 3 is 2.58 bits per heavy atom. The zero-order valence-electron chi connectivity index (χ0n) is 13.2. The molecule has 0 radical (unpaired) electrons. The molecule has 1 heterocycles. The van der Waals surface area contributed by atoms with Crippen molar-refractivity contribution in [3.8, 4) is 0 Å². The number of benzene rings is 2. The first kappa shape index (κ1) is 16.4. The molecule has 3 rings (SSSR count). The van der Waals surface area contributed by atoms with E-state index in [4.69, 9.17) is 0 Å². The summed E-state index contributed by atoms with van der Waals surface area (Å²) in [6.45, 7) is 1.46. The molecule has 1 aliphatic rings. The molecule has 2 aromatic rings. The van der Waals surface area contributed by atoms with E-state index in [1.807, 2.05) is 0 Å². The minimum Gasteiger partial charge on any atom is -0.322 e. The van der Waals surface area contributed by atoms with Crippen molar-refractivity contribution < 1.29 is 18.0 Å². The average molecular weight is 343 g/mol. The van der Waals surface area contributed by atoms with Crippen LogP contribution >= 0.6 is 0 Å². The smallest absolute Gasteiger partial charge is 0.255 e. The van der Waals surface area contributed by atoms with Gasteiger partial charge >= 0.3 is 0 Å². The quantitative estimate of drug-likeness (QED) is 0.869. The molecule has 0 aliphatic carbocycles. The van der Waals surface area contributed by atoms with Gasteiger partial charge in [-0.3, -0.25) is 9.59 Å². The molecule has 0 atom stereocenters. The highest BCUT2D eigenvalue weighted by molar-refractivity contribution is 7.91. The molecule has 124 valence electrons. The number of nitrogens with one attached hydrogen (secondary N) is 1. The van der Waals surface area contributed by atoms with Gasteiger partial charge in [-0.2, -0.15) is 0 Å². The number of rotatable bonds is 3. The summed E-state index contributed by atoms with van der Waals surface area (Å²) in [6.07, 6.45) is 1.22. The molecule has 0 saturated carbocycles. The fourth-order valence-corrected chi connectivity index (χ4v) is 4.38. The second-order valence-corrected chi connectivity index (χ2v) is 7.91. The summed E-state index contributed by atoms with van der Waals surface area (Å²) in [5, 5.41) is 2.74. The van der Waals surface area contributed by atoms with Crippen LogP contribution in [-0.4, -0.2) is 25.9 Å². The minimum absolute atomic E-state index is 0.0786. The summed E-state index contributed by atoms with van der Waals surface area (Å²) in [5.41, 5.74) is 2.13. The SMILES string of the molecule is CC(=O)c1cccc(NC(=O)c2ccc3c(c2)CCCS3(=O)=O)c1. The van der Waals surface area contributed by atoms with Gasteiger partial charge in [0.05, 0.1) is 10.6 Å². The number of hydrogen-bond donors (Lipinski definition) is 1. The first-order valence-corrected chi connectivity index (χ1v) is 9.30. The van der Waals surface area contributed by atoms with E-state index < -0.39 is 9.84 Å². The molecular weight excluding hydrogens is 326 g/mol. The molecule has 0 bridgehead atoms. The second-order valence-electron chi connectivity index (χ2n) is 5.84. The van der Waals surface area contributed by atoms with E-state index in [0.29, 0.717) is 40.1 Å². The number of amides is 1. The molecule has 0 fully saturated rings. The zero-order valence-corrected chi connectivity index (χ0v) is 14.0. The lowest BCUT2D eigenvalue weighted by Crippen LogP contribution is -2.18. The Hall–Kier alpha value is -2.47. The lowest BCUT2D eigenvalue weighted by Gasteiger charge is -2.17. The van der Waals surface area contributed by atoms with Crippen LogP contribution in [0.5, 0.6) is 0 Å². The van der Waals surface area contributed by atoms with E-state index in [2.05, 4.69) is 5.32 Å². The fraction of sp³-hybridized carbons (Fsp3) is 0.222. The molecule has 5 nitrogen and oxygen atoms in total. The molecule has 0 aromatic heterocycles. The van der Waals surface area contributed by atoms with Crippen LogP contribution in [0.3, 0.4) is 0 Å². The van der Waals surface area contributed by atoms with Gasteiger partial charge in [0.2, 0.25) is 0 Å². The molecule has 2 aromatic carbocycles. The average Bonchev–Trinajstić information content (AvgIpc) is 2.54. The van der Waals surface area contributed by atoms with E-state index in [0.717, 1.165) is 0 Å². The van der Waals surface area contributed by atoms with Crippen molar-refractivity contribution in [2.75, 3.05) is 11.1 Å².